The lowest BCUT2D eigenvalue weighted by Crippen LogP contribution is -2.39. The van der Waals surface area contributed by atoms with Gasteiger partial charge in [0.25, 0.3) is 5.91 Å². The Bertz CT molecular complexity index is 682. The van der Waals surface area contributed by atoms with Crippen LogP contribution in [0.3, 0.4) is 0 Å². The van der Waals surface area contributed by atoms with Gasteiger partial charge in [0.05, 0.1) is 13.2 Å². The van der Waals surface area contributed by atoms with E-state index in [4.69, 9.17) is 9.47 Å². The Morgan fingerprint density at radius 1 is 1.04 bits per heavy atom. The first-order valence-electron chi connectivity index (χ1n) is 8.75. The first-order chi connectivity index (χ1) is 12.1. The second-order valence-electron chi connectivity index (χ2n) is 6.07. The van der Waals surface area contributed by atoms with Crippen molar-refractivity contribution in [1.29, 1.82) is 0 Å². The van der Waals surface area contributed by atoms with Crippen molar-refractivity contribution in [3.8, 4) is 11.5 Å². The summed E-state index contributed by atoms with van der Waals surface area (Å²) in [6.07, 6.45) is 0.879. The van der Waals surface area contributed by atoms with Crippen molar-refractivity contribution in [2.24, 2.45) is 0 Å². The molecule has 0 radical (unpaired) electrons. The Morgan fingerprint density at radius 2 is 1.72 bits per heavy atom. The molecule has 0 aliphatic carbocycles. The minimum Gasteiger partial charge on any atom is -0.497 e. The summed E-state index contributed by atoms with van der Waals surface area (Å²) < 4.78 is 11.1. The fraction of sp³-hybridized carbons (Fsp3) is 0.381. The smallest absolute Gasteiger partial charge is 0.261 e. The van der Waals surface area contributed by atoms with Crippen molar-refractivity contribution >= 4 is 5.91 Å². The van der Waals surface area contributed by atoms with Crippen LogP contribution in [0.4, 0.5) is 0 Å². The SMILES string of the molecule is CC[C@@H](Oc1cccc(OC)c1)C(=O)N[C@H](CC)c1ccc(C)cc1. The van der Waals surface area contributed by atoms with Crippen molar-refractivity contribution in [2.75, 3.05) is 7.11 Å². The van der Waals surface area contributed by atoms with E-state index in [9.17, 15) is 4.79 Å². The topological polar surface area (TPSA) is 47.6 Å². The van der Waals surface area contributed by atoms with E-state index >= 15 is 0 Å². The highest BCUT2D eigenvalue weighted by Gasteiger charge is 2.22. The molecule has 0 aromatic heterocycles. The number of methoxy groups -OCH3 is 1. The summed E-state index contributed by atoms with van der Waals surface area (Å²) in [5, 5.41) is 3.11. The number of ether oxygens (including phenoxy) is 2. The van der Waals surface area contributed by atoms with Gasteiger partial charge >= 0.3 is 0 Å². The molecule has 134 valence electrons. The van der Waals surface area contributed by atoms with Gasteiger partial charge in [0.2, 0.25) is 0 Å². The molecule has 0 aliphatic heterocycles. The highest BCUT2D eigenvalue weighted by Crippen LogP contribution is 2.22. The molecule has 2 atom stereocenters. The normalized spacial score (nSPS) is 13.0. The summed E-state index contributed by atoms with van der Waals surface area (Å²) in [5.74, 6) is 1.24. The Morgan fingerprint density at radius 3 is 2.32 bits per heavy atom. The third-order valence-corrected chi connectivity index (χ3v) is 4.19. The van der Waals surface area contributed by atoms with Gasteiger partial charge in [-0.25, -0.2) is 0 Å². The molecule has 2 aromatic carbocycles. The van der Waals surface area contributed by atoms with Gasteiger partial charge in [-0.3, -0.25) is 4.79 Å². The molecule has 0 bridgehead atoms. The number of benzene rings is 2. The number of hydrogen-bond donors (Lipinski definition) is 1. The van der Waals surface area contributed by atoms with Crippen LogP contribution in [-0.2, 0) is 4.79 Å². The van der Waals surface area contributed by atoms with Crippen LogP contribution in [0.25, 0.3) is 0 Å². The number of carbonyl (C=O) groups is 1. The second kappa shape index (κ2) is 9.11. The van der Waals surface area contributed by atoms with Crippen molar-refractivity contribution in [3.05, 3.63) is 59.7 Å². The summed E-state index contributed by atoms with van der Waals surface area (Å²) in [7, 11) is 1.61. The Kier molecular flexibility index (Phi) is 6.87. The van der Waals surface area contributed by atoms with Gasteiger partial charge in [-0.15, -0.1) is 0 Å². The van der Waals surface area contributed by atoms with Gasteiger partial charge in [0, 0.05) is 6.07 Å². The maximum atomic E-state index is 12.7. The van der Waals surface area contributed by atoms with Crippen LogP contribution in [0.5, 0.6) is 11.5 Å². The number of hydrogen-bond acceptors (Lipinski definition) is 3. The van der Waals surface area contributed by atoms with Gasteiger partial charge in [0.15, 0.2) is 6.10 Å². The molecule has 0 spiro atoms. The lowest BCUT2D eigenvalue weighted by molar-refractivity contribution is -0.128. The molecule has 0 aliphatic rings. The maximum Gasteiger partial charge on any atom is 0.261 e. The maximum absolute atomic E-state index is 12.7. The van der Waals surface area contributed by atoms with E-state index in [2.05, 4.69) is 43.4 Å². The molecule has 1 amide bonds. The van der Waals surface area contributed by atoms with E-state index in [0.717, 1.165) is 12.0 Å². The molecule has 4 heteroatoms. The molecule has 25 heavy (non-hydrogen) atoms. The largest absolute Gasteiger partial charge is 0.497 e. The fourth-order valence-corrected chi connectivity index (χ4v) is 2.65. The highest BCUT2D eigenvalue weighted by molar-refractivity contribution is 5.81. The molecule has 0 saturated heterocycles. The molecule has 4 nitrogen and oxygen atoms in total. The number of carbonyl (C=O) groups excluding carboxylic acids is 1. The molecular weight excluding hydrogens is 314 g/mol. The standard InChI is InChI=1S/C21H27NO3/c1-5-19(16-12-10-15(3)11-13-16)22-21(23)20(6-2)25-18-9-7-8-17(14-18)24-4/h7-14,19-20H,5-6H2,1-4H3,(H,22,23)/t19-,20-/m1/s1. The summed E-state index contributed by atoms with van der Waals surface area (Å²) in [5.41, 5.74) is 2.32. The van der Waals surface area contributed by atoms with Gasteiger partial charge in [0.1, 0.15) is 11.5 Å². The second-order valence-corrected chi connectivity index (χ2v) is 6.07. The number of amides is 1. The molecule has 0 unspecified atom stereocenters. The van der Waals surface area contributed by atoms with Gasteiger partial charge in [-0.1, -0.05) is 49.7 Å². The zero-order valence-corrected chi connectivity index (χ0v) is 15.4. The minimum atomic E-state index is -0.536. The van der Waals surface area contributed by atoms with E-state index in [1.165, 1.54) is 5.56 Å². The lowest BCUT2D eigenvalue weighted by Gasteiger charge is -2.22. The van der Waals surface area contributed by atoms with Gasteiger partial charge in [-0.05, 0) is 37.5 Å². The molecule has 0 heterocycles. The van der Waals surface area contributed by atoms with Crippen LogP contribution >= 0.6 is 0 Å². The van der Waals surface area contributed by atoms with E-state index in [-0.39, 0.29) is 11.9 Å². The summed E-state index contributed by atoms with van der Waals surface area (Å²) in [6, 6.07) is 15.5. The molecule has 0 saturated carbocycles. The Hall–Kier alpha value is -2.49. The lowest BCUT2D eigenvalue weighted by atomic mass is 10.0. The first-order valence-corrected chi connectivity index (χ1v) is 8.75. The van der Waals surface area contributed by atoms with Crippen LogP contribution in [-0.4, -0.2) is 19.1 Å². The van der Waals surface area contributed by atoms with Crippen LogP contribution in [0, 0.1) is 6.92 Å². The van der Waals surface area contributed by atoms with E-state index < -0.39 is 6.10 Å². The van der Waals surface area contributed by atoms with Crippen molar-refractivity contribution in [3.63, 3.8) is 0 Å². The predicted molar refractivity (Wildman–Crippen MR) is 100 cm³/mol. The number of aryl methyl sites for hydroxylation is 1. The molecule has 2 aromatic rings. The molecule has 1 N–H and O–H groups in total. The average molecular weight is 341 g/mol. The predicted octanol–water partition coefficient (Wildman–Crippen LogP) is 4.43. The first kappa shape index (κ1) is 18.8. The van der Waals surface area contributed by atoms with Crippen LogP contribution in [0.1, 0.15) is 43.9 Å². The van der Waals surface area contributed by atoms with Crippen molar-refractivity contribution < 1.29 is 14.3 Å². The van der Waals surface area contributed by atoms with Crippen molar-refractivity contribution in [2.45, 2.75) is 45.8 Å². The van der Waals surface area contributed by atoms with Gasteiger partial charge in [-0.2, -0.15) is 0 Å². The highest BCUT2D eigenvalue weighted by atomic mass is 16.5. The summed E-state index contributed by atoms with van der Waals surface area (Å²) in [4.78, 5) is 12.7. The zero-order chi connectivity index (χ0) is 18.2. The van der Waals surface area contributed by atoms with Crippen LogP contribution in [0.15, 0.2) is 48.5 Å². The Labute approximate surface area is 150 Å². The van der Waals surface area contributed by atoms with E-state index in [1.807, 2.05) is 25.1 Å². The van der Waals surface area contributed by atoms with Crippen LogP contribution in [0.2, 0.25) is 0 Å². The van der Waals surface area contributed by atoms with Crippen LogP contribution < -0.4 is 14.8 Å². The minimum absolute atomic E-state index is 0.0175. The quantitative estimate of drug-likeness (QED) is 0.773. The fourth-order valence-electron chi connectivity index (χ4n) is 2.65. The summed E-state index contributed by atoms with van der Waals surface area (Å²) >= 11 is 0. The third-order valence-electron chi connectivity index (χ3n) is 4.19. The van der Waals surface area contributed by atoms with Crippen molar-refractivity contribution in [1.82, 2.24) is 5.32 Å². The van der Waals surface area contributed by atoms with E-state index in [0.29, 0.717) is 17.9 Å². The molecule has 2 rings (SSSR count). The number of rotatable bonds is 8. The molecule has 0 fully saturated rings. The summed E-state index contributed by atoms with van der Waals surface area (Å²) in [6.45, 7) is 6.06. The number of nitrogens with one attached hydrogen (secondary N) is 1. The average Bonchev–Trinajstić information content (AvgIpc) is 2.65. The zero-order valence-electron chi connectivity index (χ0n) is 15.4. The third kappa shape index (κ3) is 5.24. The molecular formula is C21H27NO3. The Balaban J connectivity index is 2.06. The van der Waals surface area contributed by atoms with E-state index in [1.54, 1.807) is 13.2 Å². The monoisotopic (exact) mass is 341 g/mol. The van der Waals surface area contributed by atoms with Gasteiger partial charge < -0.3 is 14.8 Å².